The van der Waals surface area contributed by atoms with Crippen molar-refractivity contribution in [1.29, 1.82) is 0 Å². The zero-order valence-electron chi connectivity index (χ0n) is 13.8. The summed E-state index contributed by atoms with van der Waals surface area (Å²) < 4.78 is 1.87. The number of hydrogen-bond acceptors (Lipinski definition) is 4. The maximum absolute atomic E-state index is 11.1. The van der Waals surface area contributed by atoms with Gasteiger partial charge in [0.15, 0.2) is 0 Å². The molecule has 1 aromatic carbocycles. The Hall–Kier alpha value is -2.18. The number of aliphatic hydroxyl groups is 1. The molecule has 0 bridgehead atoms. The van der Waals surface area contributed by atoms with E-state index in [0.717, 1.165) is 43.9 Å². The van der Waals surface area contributed by atoms with Crippen molar-refractivity contribution in [1.82, 2.24) is 14.5 Å². The smallest absolute Gasteiger partial charge is 0.335 e. The molecule has 6 heteroatoms. The van der Waals surface area contributed by atoms with Crippen molar-refractivity contribution in [3.05, 3.63) is 53.6 Å². The van der Waals surface area contributed by atoms with E-state index in [1.54, 1.807) is 24.4 Å². The summed E-state index contributed by atoms with van der Waals surface area (Å²) in [6.45, 7) is 2.53. The summed E-state index contributed by atoms with van der Waals surface area (Å²) in [5.74, 6) is 0.0454. The maximum Gasteiger partial charge on any atom is 0.335 e. The molecule has 0 radical (unpaired) electrons. The third kappa shape index (κ3) is 3.66. The minimum atomic E-state index is -0.895. The third-order valence-electron chi connectivity index (χ3n) is 4.78. The van der Waals surface area contributed by atoms with Gasteiger partial charge in [0.1, 0.15) is 11.9 Å². The summed E-state index contributed by atoms with van der Waals surface area (Å²) >= 11 is 0. The van der Waals surface area contributed by atoms with Gasteiger partial charge in [0.05, 0.1) is 5.56 Å². The van der Waals surface area contributed by atoms with Crippen molar-refractivity contribution < 1.29 is 15.0 Å². The van der Waals surface area contributed by atoms with Crippen LogP contribution in [0.25, 0.3) is 0 Å². The molecule has 1 aromatic heterocycles. The summed E-state index contributed by atoms with van der Waals surface area (Å²) in [7, 11) is 1.90. The van der Waals surface area contributed by atoms with Crippen molar-refractivity contribution in [3.63, 3.8) is 0 Å². The Balaban J connectivity index is 1.56. The van der Waals surface area contributed by atoms with Gasteiger partial charge in [-0.25, -0.2) is 9.78 Å². The Morgan fingerprint density at radius 2 is 2.12 bits per heavy atom. The first-order valence-electron chi connectivity index (χ1n) is 8.24. The quantitative estimate of drug-likeness (QED) is 0.878. The van der Waals surface area contributed by atoms with Crippen molar-refractivity contribution in [2.45, 2.75) is 25.5 Å². The number of aromatic nitrogens is 2. The van der Waals surface area contributed by atoms with Gasteiger partial charge >= 0.3 is 5.97 Å². The Morgan fingerprint density at radius 3 is 2.75 bits per heavy atom. The highest BCUT2D eigenvalue weighted by molar-refractivity contribution is 5.87. The fourth-order valence-corrected chi connectivity index (χ4v) is 3.36. The molecule has 1 atom stereocenters. The average molecular weight is 329 g/mol. The molecule has 24 heavy (non-hydrogen) atoms. The molecule has 0 amide bonds. The molecule has 0 spiro atoms. The Kier molecular flexibility index (Phi) is 4.97. The van der Waals surface area contributed by atoms with Gasteiger partial charge in [-0.3, -0.25) is 4.90 Å². The molecule has 1 aliphatic rings. The molecule has 0 unspecified atom stereocenters. The summed E-state index contributed by atoms with van der Waals surface area (Å²) in [4.78, 5) is 17.6. The number of carbonyl (C=O) groups is 1. The highest BCUT2D eigenvalue weighted by atomic mass is 16.4. The highest BCUT2D eigenvalue weighted by Gasteiger charge is 2.28. The van der Waals surface area contributed by atoms with Crippen LogP contribution in [0.15, 0.2) is 36.7 Å². The minimum Gasteiger partial charge on any atom is -0.478 e. The number of carboxylic acids is 1. The third-order valence-corrected chi connectivity index (χ3v) is 4.78. The van der Waals surface area contributed by atoms with Crippen LogP contribution in [-0.4, -0.2) is 43.7 Å². The van der Waals surface area contributed by atoms with E-state index >= 15 is 0 Å². The maximum atomic E-state index is 11.1. The fourth-order valence-electron chi connectivity index (χ4n) is 3.36. The molecule has 3 rings (SSSR count). The molecule has 2 heterocycles. The number of likely N-dealkylation sites (tertiary alicyclic amines) is 1. The van der Waals surface area contributed by atoms with Gasteiger partial charge < -0.3 is 14.8 Å². The highest BCUT2D eigenvalue weighted by Crippen LogP contribution is 2.30. The van der Waals surface area contributed by atoms with Crippen LogP contribution in [0, 0.1) is 5.92 Å². The summed E-state index contributed by atoms with van der Waals surface area (Å²) in [6.07, 6.45) is 4.86. The predicted octanol–water partition coefficient (Wildman–Crippen LogP) is 2.06. The molecule has 2 aromatic rings. The number of piperidine rings is 1. The number of nitrogens with zero attached hydrogens (tertiary/aromatic N) is 3. The lowest BCUT2D eigenvalue weighted by Crippen LogP contribution is -2.35. The molecule has 0 saturated carbocycles. The molecule has 6 nitrogen and oxygen atoms in total. The SMILES string of the molecule is Cn1ccnc1[C@@H](O)C1CCN(Cc2cccc(C(=O)O)c2)CC1. The zero-order chi connectivity index (χ0) is 17.1. The minimum absolute atomic E-state index is 0.215. The van der Waals surface area contributed by atoms with Crippen LogP contribution in [0.1, 0.15) is 40.7 Å². The summed E-state index contributed by atoms with van der Waals surface area (Å²) in [5.41, 5.74) is 1.34. The number of aromatic carboxylic acids is 1. The Morgan fingerprint density at radius 1 is 1.38 bits per heavy atom. The standard InChI is InChI=1S/C18H23N3O3/c1-20-10-7-19-17(20)16(22)14-5-8-21(9-6-14)12-13-3-2-4-15(11-13)18(23)24/h2-4,7,10-11,14,16,22H,5-6,8-9,12H2,1H3,(H,23,24)/t16-/m0/s1. The van der Waals surface area contributed by atoms with Crippen LogP contribution in [0.4, 0.5) is 0 Å². The molecule has 2 N–H and O–H groups in total. The Bertz CT molecular complexity index is 705. The normalized spacial score (nSPS) is 17.8. The molecule has 1 aliphatic heterocycles. The van der Waals surface area contributed by atoms with Crippen molar-refractivity contribution in [2.75, 3.05) is 13.1 Å². The van der Waals surface area contributed by atoms with Crippen LogP contribution in [0.3, 0.4) is 0 Å². The lowest BCUT2D eigenvalue weighted by Gasteiger charge is -2.34. The van der Waals surface area contributed by atoms with Gasteiger partial charge in [0.2, 0.25) is 0 Å². The second kappa shape index (κ2) is 7.15. The largest absolute Gasteiger partial charge is 0.478 e. The summed E-state index contributed by atoms with van der Waals surface area (Å²) in [5, 5.41) is 19.6. The first-order chi connectivity index (χ1) is 11.5. The summed E-state index contributed by atoms with van der Waals surface area (Å²) in [6, 6.07) is 7.09. The van der Waals surface area contributed by atoms with Gasteiger partial charge in [0.25, 0.3) is 0 Å². The fraction of sp³-hybridized carbons (Fsp3) is 0.444. The molecular weight excluding hydrogens is 306 g/mol. The van der Waals surface area contributed by atoms with Crippen LogP contribution >= 0.6 is 0 Å². The molecule has 1 saturated heterocycles. The molecule has 128 valence electrons. The predicted molar refractivity (Wildman–Crippen MR) is 89.6 cm³/mol. The molecule has 0 aliphatic carbocycles. The topological polar surface area (TPSA) is 78.6 Å². The van der Waals surface area contributed by atoms with Crippen molar-refractivity contribution in [2.24, 2.45) is 13.0 Å². The number of aliphatic hydroxyl groups excluding tert-OH is 1. The van der Waals surface area contributed by atoms with Gasteiger partial charge in [-0.2, -0.15) is 0 Å². The van der Waals surface area contributed by atoms with Gasteiger partial charge in [-0.05, 0) is 49.5 Å². The van der Waals surface area contributed by atoms with E-state index in [0.29, 0.717) is 5.56 Å². The van der Waals surface area contributed by atoms with Crippen LogP contribution < -0.4 is 0 Å². The average Bonchev–Trinajstić information content (AvgIpc) is 3.01. The number of aryl methyl sites for hydroxylation is 1. The molecular formula is C18H23N3O3. The number of benzene rings is 1. The second-order valence-corrected chi connectivity index (χ2v) is 6.46. The van der Waals surface area contributed by atoms with Gasteiger partial charge in [0, 0.05) is 26.0 Å². The van der Waals surface area contributed by atoms with E-state index in [-0.39, 0.29) is 5.92 Å². The lowest BCUT2D eigenvalue weighted by molar-refractivity contribution is 0.0491. The lowest BCUT2D eigenvalue weighted by atomic mass is 9.90. The van der Waals surface area contributed by atoms with Crippen molar-refractivity contribution in [3.8, 4) is 0 Å². The Labute approximate surface area is 141 Å². The van der Waals surface area contributed by atoms with Crippen LogP contribution in [0.2, 0.25) is 0 Å². The monoisotopic (exact) mass is 329 g/mol. The zero-order valence-corrected chi connectivity index (χ0v) is 13.8. The van der Waals surface area contributed by atoms with Gasteiger partial charge in [-0.15, -0.1) is 0 Å². The van der Waals surface area contributed by atoms with Crippen LogP contribution in [0.5, 0.6) is 0 Å². The first kappa shape index (κ1) is 16.7. The number of imidazole rings is 1. The number of hydrogen-bond donors (Lipinski definition) is 2. The van der Waals surface area contributed by atoms with E-state index in [1.165, 1.54) is 0 Å². The van der Waals surface area contributed by atoms with Crippen molar-refractivity contribution >= 4 is 5.97 Å². The van der Waals surface area contributed by atoms with Crippen LogP contribution in [-0.2, 0) is 13.6 Å². The van der Waals surface area contributed by atoms with E-state index in [4.69, 9.17) is 5.11 Å². The number of rotatable bonds is 5. The first-order valence-corrected chi connectivity index (χ1v) is 8.24. The van der Waals surface area contributed by atoms with E-state index in [2.05, 4.69) is 9.88 Å². The van der Waals surface area contributed by atoms with E-state index in [1.807, 2.05) is 23.9 Å². The molecule has 1 fully saturated rings. The van der Waals surface area contributed by atoms with E-state index < -0.39 is 12.1 Å². The number of carboxylic acid groups (broad SMARTS) is 1. The van der Waals surface area contributed by atoms with E-state index in [9.17, 15) is 9.90 Å². The second-order valence-electron chi connectivity index (χ2n) is 6.46. The van der Waals surface area contributed by atoms with Gasteiger partial charge in [-0.1, -0.05) is 12.1 Å².